The number of para-hydroxylation sites is 3. The van der Waals surface area contributed by atoms with Crippen LogP contribution in [0.2, 0.25) is 0 Å². The first-order chi connectivity index (χ1) is 12.5. The molecule has 1 heterocycles. The monoisotopic (exact) mass is 353 g/mol. The molecule has 130 valence electrons. The zero-order valence-electron chi connectivity index (χ0n) is 14.0. The zero-order valence-corrected chi connectivity index (χ0v) is 14.0. The Morgan fingerprint density at radius 1 is 0.731 bits per heavy atom. The lowest BCUT2D eigenvalue weighted by Gasteiger charge is -2.16. The van der Waals surface area contributed by atoms with Gasteiger partial charge >= 0.3 is 6.18 Å². The summed E-state index contributed by atoms with van der Waals surface area (Å²) in [6.45, 7) is 0. The number of nitrogens with zero attached hydrogens (tertiary/aromatic N) is 1. The normalized spacial score (nSPS) is 11.8. The fourth-order valence-corrected chi connectivity index (χ4v) is 3.34. The summed E-state index contributed by atoms with van der Waals surface area (Å²) in [5.41, 5.74) is 1.92. The van der Waals surface area contributed by atoms with Crippen molar-refractivity contribution in [2.75, 3.05) is 5.32 Å². The van der Waals surface area contributed by atoms with E-state index in [1.165, 1.54) is 12.1 Å². The van der Waals surface area contributed by atoms with Crippen LogP contribution in [-0.2, 0) is 13.2 Å². The van der Waals surface area contributed by atoms with Crippen molar-refractivity contribution in [2.45, 2.75) is 6.18 Å². The van der Waals surface area contributed by atoms with Crippen LogP contribution in [0.5, 0.6) is 0 Å². The molecule has 0 fully saturated rings. The lowest BCUT2D eigenvalue weighted by Crippen LogP contribution is -2.30. The number of hydrogen-bond acceptors (Lipinski definition) is 1. The number of alkyl halides is 3. The molecule has 0 aliphatic heterocycles. The Balaban J connectivity index is 2.02. The molecule has 0 saturated carbocycles. The lowest BCUT2D eigenvalue weighted by atomic mass is 10.1. The van der Waals surface area contributed by atoms with Crippen LogP contribution in [0, 0.1) is 0 Å². The van der Waals surface area contributed by atoms with Crippen molar-refractivity contribution in [3.05, 3.63) is 78.4 Å². The smallest absolute Gasteiger partial charge is 0.354 e. The Labute approximate surface area is 148 Å². The van der Waals surface area contributed by atoms with E-state index in [2.05, 4.69) is 5.32 Å². The molecule has 0 unspecified atom stereocenters. The summed E-state index contributed by atoms with van der Waals surface area (Å²) in [4.78, 5) is 0. The maximum Gasteiger partial charge on any atom is 0.418 e. The molecule has 4 aromatic rings. The van der Waals surface area contributed by atoms with Crippen LogP contribution in [0.15, 0.2) is 72.8 Å². The van der Waals surface area contributed by atoms with Gasteiger partial charge in [0.05, 0.1) is 27.7 Å². The Hall–Kier alpha value is -3.08. The van der Waals surface area contributed by atoms with Gasteiger partial charge in [-0.25, -0.2) is 0 Å². The molecule has 0 bridgehead atoms. The van der Waals surface area contributed by atoms with Crippen molar-refractivity contribution >= 4 is 33.2 Å². The Kier molecular flexibility index (Phi) is 3.80. The molecule has 0 aliphatic carbocycles. The van der Waals surface area contributed by atoms with E-state index in [1.54, 1.807) is 6.07 Å². The molecule has 0 saturated heterocycles. The van der Waals surface area contributed by atoms with E-state index in [0.29, 0.717) is 5.69 Å². The summed E-state index contributed by atoms with van der Waals surface area (Å²) >= 11 is 0. The topological polar surface area (TPSA) is 15.9 Å². The van der Waals surface area contributed by atoms with Crippen LogP contribution < -0.4 is 9.88 Å². The number of benzene rings is 3. The van der Waals surface area contributed by atoms with E-state index < -0.39 is 11.7 Å². The van der Waals surface area contributed by atoms with Gasteiger partial charge in [-0.2, -0.15) is 17.7 Å². The number of hydrogen-bond donors (Lipinski definition) is 1. The van der Waals surface area contributed by atoms with Crippen molar-refractivity contribution in [1.82, 2.24) is 0 Å². The Morgan fingerprint density at radius 3 is 1.81 bits per heavy atom. The number of nitrogens with one attached hydrogen (secondary N) is 1. The summed E-state index contributed by atoms with van der Waals surface area (Å²) in [6, 6.07) is 20.9. The fraction of sp³-hybridized carbons (Fsp3) is 0.0952. The second-order valence-corrected chi connectivity index (χ2v) is 6.14. The minimum atomic E-state index is -4.42. The highest BCUT2D eigenvalue weighted by Gasteiger charge is 2.33. The minimum absolute atomic E-state index is 0.0455. The first-order valence-electron chi connectivity index (χ1n) is 8.19. The molecule has 0 atom stereocenters. The molecule has 2 nitrogen and oxygen atoms in total. The number of pyridine rings is 1. The van der Waals surface area contributed by atoms with E-state index in [-0.39, 0.29) is 5.69 Å². The van der Waals surface area contributed by atoms with Crippen LogP contribution in [0.4, 0.5) is 24.5 Å². The summed E-state index contributed by atoms with van der Waals surface area (Å²) in [6.07, 6.45) is -4.42. The van der Waals surface area contributed by atoms with Gasteiger partial charge in [0, 0.05) is 12.1 Å². The molecular formula is C21H16F3N2+. The quantitative estimate of drug-likeness (QED) is 0.367. The van der Waals surface area contributed by atoms with Crippen molar-refractivity contribution in [1.29, 1.82) is 0 Å². The van der Waals surface area contributed by atoms with E-state index in [0.717, 1.165) is 27.9 Å². The third-order valence-corrected chi connectivity index (χ3v) is 4.56. The fourth-order valence-electron chi connectivity index (χ4n) is 3.34. The van der Waals surface area contributed by atoms with Gasteiger partial charge in [0.15, 0.2) is 0 Å². The molecule has 1 aromatic heterocycles. The number of anilines is 2. The maximum atomic E-state index is 13.4. The third kappa shape index (κ3) is 2.65. The second kappa shape index (κ2) is 6.02. The van der Waals surface area contributed by atoms with Gasteiger partial charge in [0.2, 0.25) is 11.0 Å². The number of halogens is 3. The first-order valence-corrected chi connectivity index (χ1v) is 8.19. The highest BCUT2D eigenvalue weighted by atomic mass is 19.4. The molecule has 0 aliphatic rings. The molecule has 3 aromatic carbocycles. The van der Waals surface area contributed by atoms with E-state index in [1.807, 2.05) is 60.1 Å². The van der Waals surface area contributed by atoms with Gasteiger partial charge in [0.25, 0.3) is 0 Å². The molecule has 0 spiro atoms. The predicted octanol–water partition coefficient (Wildman–Crippen LogP) is 5.58. The number of aryl methyl sites for hydroxylation is 1. The second-order valence-electron chi connectivity index (χ2n) is 6.14. The summed E-state index contributed by atoms with van der Waals surface area (Å²) < 4.78 is 42.2. The first kappa shape index (κ1) is 16.4. The largest absolute Gasteiger partial charge is 0.418 e. The van der Waals surface area contributed by atoms with E-state index in [9.17, 15) is 13.2 Å². The molecule has 5 heteroatoms. The van der Waals surface area contributed by atoms with E-state index >= 15 is 0 Å². The molecule has 4 rings (SSSR count). The number of rotatable bonds is 2. The molecule has 1 N–H and O–H groups in total. The number of fused-ring (bicyclic) bond motifs is 2. The summed E-state index contributed by atoms with van der Waals surface area (Å²) in [7, 11) is 1.96. The van der Waals surface area contributed by atoms with Crippen LogP contribution in [0.1, 0.15) is 5.56 Å². The summed E-state index contributed by atoms with van der Waals surface area (Å²) in [5.74, 6) is 0. The molecule has 0 radical (unpaired) electrons. The summed E-state index contributed by atoms with van der Waals surface area (Å²) in [5, 5.41) is 4.79. The van der Waals surface area contributed by atoms with Crippen LogP contribution in [-0.4, -0.2) is 0 Å². The molecular weight excluding hydrogens is 337 g/mol. The standard InChI is InChI=1S/C21H15F3N2/c1-26-18-12-6-2-8-14(18)20(15-9-3-7-13-19(15)26)25-17-11-5-4-10-16(17)21(22,23)24/h2-13H,1H3/p+1. The zero-order chi connectivity index (χ0) is 18.3. The molecule has 0 amide bonds. The average Bonchev–Trinajstić information content (AvgIpc) is 2.65. The van der Waals surface area contributed by atoms with Crippen molar-refractivity contribution < 1.29 is 17.7 Å². The van der Waals surface area contributed by atoms with E-state index in [4.69, 9.17) is 0 Å². The van der Waals surface area contributed by atoms with Gasteiger partial charge in [-0.15, -0.1) is 0 Å². The van der Waals surface area contributed by atoms with Crippen molar-refractivity contribution in [3.8, 4) is 0 Å². The maximum absolute atomic E-state index is 13.4. The van der Waals surface area contributed by atoms with Gasteiger partial charge in [-0.05, 0) is 24.3 Å². The molecule has 26 heavy (non-hydrogen) atoms. The Bertz CT molecular complexity index is 1060. The van der Waals surface area contributed by atoms with Crippen molar-refractivity contribution in [2.24, 2.45) is 7.05 Å². The average molecular weight is 353 g/mol. The number of aromatic nitrogens is 1. The van der Waals surface area contributed by atoms with Crippen LogP contribution in [0.25, 0.3) is 21.8 Å². The van der Waals surface area contributed by atoms with Gasteiger partial charge in [-0.3, -0.25) is 0 Å². The third-order valence-electron chi connectivity index (χ3n) is 4.56. The van der Waals surface area contributed by atoms with Gasteiger partial charge in [-0.1, -0.05) is 36.4 Å². The van der Waals surface area contributed by atoms with Crippen LogP contribution in [0.3, 0.4) is 0 Å². The van der Waals surface area contributed by atoms with Gasteiger partial charge in [0.1, 0.15) is 7.05 Å². The minimum Gasteiger partial charge on any atom is -0.354 e. The lowest BCUT2D eigenvalue weighted by molar-refractivity contribution is -0.617. The highest BCUT2D eigenvalue weighted by molar-refractivity contribution is 6.06. The van der Waals surface area contributed by atoms with Crippen LogP contribution >= 0.6 is 0 Å². The van der Waals surface area contributed by atoms with Gasteiger partial charge < -0.3 is 5.32 Å². The Morgan fingerprint density at radius 2 is 1.23 bits per heavy atom. The highest BCUT2D eigenvalue weighted by Crippen LogP contribution is 2.38. The predicted molar refractivity (Wildman–Crippen MR) is 97.4 cm³/mol. The van der Waals surface area contributed by atoms with Crippen molar-refractivity contribution in [3.63, 3.8) is 0 Å². The SMILES string of the molecule is C[n+]1c2ccccc2c(Nc2ccccc2C(F)(F)F)c2ccccc21.